The minimum Gasteiger partial charge on any atom is -0.496 e. The molecule has 7 nitrogen and oxygen atoms in total. The predicted octanol–water partition coefficient (Wildman–Crippen LogP) is 5.18. The fourth-order valence-corrected chi connectivity index (χ4v) is 5.83. The molecule has 0 atom stereocenters. The maximum atomic E-state index is 13.5. The van der Waals surface area contributed by atoms with E-state index in [-0.39, 0.29) is 11.4 Å². The number of nitrogens with zero attached hydrogens (tertiary/aromatic N) is 2. The van der Waals surface area contributed by atoms with Crippen LogP contribution >= 0.6 is 15.9 Å². The van der Waals surface area contributed by atoms with Gasteiger partial charge in [0.2, 0.25) is 0 Å². The molecule has 0 radical (unpaired) electrons. The van der Waals surface area contributed by atoms with Gasteiger partial charge in [-0.2, -0.15) is 5.10 Å². The third-order valence-corrected chi connectivity index (χ3v) is 7.98. The van der Waals surface area contributed by atoms with Crippen molar-refractivity contribution in [3.05, 3.63) is 52.5 Å². The molecule has 0 aromatic heterocycles. The number of anilines is 1. The normalized spacial score (nSPS) is 14.7. The van der Waals surface area contributed by atoms with Crippen LogP contribution < -0.4 is 14.5 Å². The summed E-state index contributed by atoms with van der Waals surface area (Å²) in [6, 6.07) is 11.5. The molecule has 2 aromatic rings. The molecular formula is C24H30BrN3O4S. The van der Waals surface area contributed by atoms with Gasteiger partial charge in [0.05, 0.1) is 22.2 Å². The number of nitrogens with one attached hydrogen (secondary N) is 1. The topological polar surface area (TPSA) is 88.1 Å². The Balaban J connectivity index is 1.86. The smallest absolute Gasteiger partial charge is 0.264 e. The summed E-state index contributed by atoms with van der Waals surface area (Å²) >= 11 is 3.34. The highest BCUT2D eigenvalue weighted by molar-refractivity contribution is 9.10. The lowest BCUT2D eigenvalue weighted by molar-refractivity contribution is -0.119. The van der Waals surface area contributed by atoms with E-state index in [1.54, 1.807) is 18.2 Å². The quantitative estimate of drug-likeness (QED) is 0.494. The van der Waals surface area contributed by atoms with E-state index in [2.05, 4.69) is 26.5 Å². The average molecular weight is 536 g/mol. The number of carbonyl (C=O) groups excluding carboxylic acids is 1. The predicted molar refractivity (Wildman–Crippen MR) is 134 cm³/mol. The molecular weight excluding hydrogens is 506 g/mol. The fourth-order valence-electron chi connectivity index (χ4n) is 3.69. The van der Waals surface area contributed by atoms with Crippen molar-refractivity contribution in [2.24, 2.45) is 5.10 Å². The van der Waals surface area contributed by atoms with Gasteiger partial charge >= 0.3 is 0 Å². The van der Waals surface area contributed by atoms with Crippen molar-refractivity contribution in [1.82, 2.24) is 5.43 Å². The Kier molecular flexibility index (Phi) is 8.91. The molecule has 9 heteroatoms. The third kappa shape index (κ3) is 6.80. The minimum atomic E-state index is -4.02. The molecule has 0 spiro atoms. The van der Waals surface area contributed by atoms with Gasteiger partial charge in [-0.15, -0.1) is 0 Å². The molecule has 1 aliphatic rings. The molecule has 0 saturated heterocycles. The lowest BCUT2D eigenvalue weighted by Crippen LogP contribution is -2.39. The Bertz CT molecular complexity index is 1090. The summed E-state index contributed by atoms with van der Waals surface area (Å²) in [6.07, 6.45) is 7.42. The molecule has 33 heavy (non-hydrogen) atoms. The molecule has 1 saturated carbocycles. The van der Waals surface area contributed by atoms with E-state index in [0.717, 1.165) is 41.3 Å². The van der Waals surface area contributed by atoms with E-state index in [1.165, 1.54) is 38.5 Å². The van der Waals surface area contributed by atoms with E-state index >= 15 is 0 Å². The van der Waals surface area contributed by atoms with Crippen LogP contribution in [0.5, 0.6) is 5.75 Å². The van der Waals surface area contributed by atoms with Crippen LogP contribution in [-0.2, 0) is 14.8 Å². The SMILES string of the molecule is COc1ccc(S(=O)(=O)N(CC(=O)NN=C2CCCCCCC2)c2ccc(C)cc2)cc1Br. The summed E-state index contributed by atoms with van der Waals surface area (Å²) in [7, 11) is -2.52. The van der Waals surface area contributed by atoms with Crippen LogP contribution in [0.1, 0.15) is 50.5 Å². The first kappa shape index (κ1) is 25.2. The molecule has 0 aliphatic heterocycles. The highest BCUT2D eigenvalue weighted by Crippen LogP contribution is 2.30. The number of hydrogen-bond acceptors (Lipinski definition) is 5. The average Bonchev–Trinajstić information content (AvgIpc) is 2.77. The van der Waals surface area contributed by atoms with Crippen LogP contribution in [0.25, 0.3) is 0 Å². The van der Waals surface area contributed by atoms with Crippen LogP contribution in [0.2, 0.25) is 0 Å². The van der Waals surface area contributed by atoms with Crippen molar-refractivity contribution < 1.29 is 17.9 Å². The number of benzene rings is 2. The van der Waals surface area contributed by atoms with Crippen molar-refractivity contribution in [3.63, 3.8) is 0 Å². The van der Waals surface area contributed by atoms with E-state index in [0.29, 0.717) is 15.9 Å². The highest BCUT2D eigenvalue weighted by atomic mass is 79.9. The zero-order valence-corrected chi connectivity index (χ0v) is 21.4. The maximum Gasteiger partial charge on any atom is 0.264 e. The van der Waals surface area contributed by atoms with Crippen LogP contribution in [0, 0.1) is 6.92 Å². The van der Waals surface area contributed by atoms with Crippen LogP contribution in [0.4, 0.5) is 5.69 Å². The molecule has 1 amide bonds. The summed E-state index contributed by atoms with van der Waals surface area (Å²) < 4.78 is 33.9. The van der Waals surface area contributed by atoms with Gasteiger partial charge in [0.1, 0.15) is 12.3 Å². The molecule has 1 aliphatic carbocycles. The number of hydrazone groups is 1. The Morgan fingerprint density at radius 3 is 2.30 bits per heavy atom. The Hall–Kier alpha value is -2.39. The largest absolute Gasteiger partial charge is 0.496 e. The van der Waals surface area contributed by atoms with E-state index in [9.17, 15) is 13.2 Å². The number of hydrogen-bond donors (Lipinski definition) is 1. The first-order chi connectivity index (χ1) is 15.8. The van der Waals surface area contributed by atoms with Gasteiger partial charge < -0.3 is 4.74 Å². The molecule has 3 rings (SSSR count). The van der Waals surface area contributed by atoms with Gasteiger partial charge in [0.15, 0.2) is 0 Å². The van der Waals surface area contributed by atoms with Crippen LogP contribution in [0.15, 0.2) is 56.9 Å². The lowest BCUT2D eigenvalue weighted by Gasteiger charge is -2.24. The van der Waals surface area contributed by atoms with E-state index in [4.69, 9.17) is 4.74 Å². The number of methoxy groups -OCH3 is 1. The lowest BCUT2D eigenvalue weighted by atomic mass is 9.99. The van der Waals surface area contributed by atoms with Crippen LogP contribution in [0.3, 0.4) is 0 Å². The van der Waals surface area contributed by atoms with Crippen LogP contribution in [-0.4, -0.2) is 33.7 Å². The molecule has 1 fully saturated rings. The summed E-state index contributed by atoms with van der Waals surface area (Å²) in [6.45, 7) is 1.53. The standard InChI is InChI=1S/C24H30BrN3O4S/c1-18-10-12-20(13-11-18)28(33(30,31)21-14-15-23(32-2)22(25)16-21)17-24(29)27-26-19-8-6-4-3-5-7-9-19/h10-16H,3-9,17H2,1-2H3,(H,27,29). The number of amides is 1. The maximum absolute atomic E-state index is 13.5. The highest BCUT2D eigenvalue weighted by Gasteiger charge is 2.28. The Labute approximate surface area is 204 Å². The first-order valence-corrected chi connectivity index (χ1v) is 13.3. The second kappa shape index (κ2) is 11.7. The molecule has 0 heterocycles. The van der Waals surface area contributed by atoms with E-state index in [1.807, 2.05) is 19.1 Å². The second-order valence-electron chi connectivity index (χ2n) is 8.12. The van der Waals surface area contributed by atoms with Crippen molar-refractivity contribution in [2.45, 2.75) is 56.8 Å². The molecule has 178 valence electrons. The van der Waals surface area contributed by atoms with Crippen molar-refractivity contribution in [2.75, 3.05) is 18.0 Å². The number of rotatable bonds is 7. The second-order valence-corrected chi connectivity index (χ2v) is 10.8. The number of halogens is 1. The van der Waals surface area contributed by atoms with Crippen molar-refractivity contribution in [3.8, 4) is 5.75 Å². The van der Waals surface area contributed by atoms with Gasteiger partial charge in [-0.25, -0.2) is 13.8 Å². The van der Waals surface area contributed by atoms with Gasteiger partial charge in [0.25, 0.3) is 15.9 Å². The van der Waals surface area contributed by atoms with Gasteiger partial charge in [-0.3, -0.25) is 9.10 Å². The summed E-state index contributed by atoms with van der Waals surface area (Å²) in [5.74, 6) is 0.0323. The Morgan fingerprint density at radius 1 is 1.06 bits per heavy atom. The third-order valence-electron chi connectivity index (χ3n) is 5.59. The minimum absolute atomic E-state index is 0.0508. The zero-order chi connectivity index (χ0) is 23.8. The monoisotopic (exact) mass is 535 g/mol. The zero-order valence-electron chi connectivity index (χ0n) is 19.0. The number of sulfonamides is 1. The fraction of sp³-hybridized carbons (Fsp3) is 0.417. The molecule has 1 N–H and O–H groups in total. The Morgan fingerprint density at radius 2 is 1.70 bits per heavy atom. The molecule has 0 bridgehead atoms. The number of aryl methyl sites for hydroxylation is 1. The molecule has 2 aromatic carbocycles. The van der Waals surface area contributed by atoms with Gasteiger partial charge in [-0.1, -0.05) is 37.0 Å². The summed E-state index contributed by atoms with van der Waals surface area (Å²) in [5.41, 5.74) is 4.94. The summed E-state index contributed by atoms with van der Waals surface area (Å²) in [4.78, 5) is 12.8. The summed E-state index contributed by atoms with van der Waals surface area (Å²) in [5, 5.41) is 4.31. The van der Waals surface area contributed by atoms with Gasteiger partial charge in [-0.05, 0) is 78.9 Å². The van der Waals surface area contributed by atoms with Gasteiger partial charge in [0, 0.05) is 5.71 Å². The van der Waals surface area contributed by atoms with Crippen molar-refractivity contribution >= 4 is 43.3 Å². The number of carbonyl (C=O) groups is 1. The van der Waals surface area contributed by atoms with E-state index < -0.39 is 15.9 Å². The van der Waals surface area contributed by atoms with Crippen molar-refractivity contribution in [1.29, 1.82) is 0 Å². The first-order valence-electron chi connectivity index (χ1n) is 11.1. The molecule has 0 unspecified atom stereocenters. The number of ether oxygens (including phenoxy) is 1.